The number of hydrogen-bond acceptors (Lipinski definition) is 6. The summed E-state index contributed by atoms with van der Waals surface area (Å²) in [6.45, 7) is 3.54. The Morgan fingerprint density at radius 3 is 3.12 bits per heavy atom. The van der Waals surface area contributed by atoms with Gasteiger partial charge in [0.05, 0.1) is 12.8 Å². The summed E-state index contributed by atoms with van der Waals surface area (Å²) in [5.41, 5.74) is 6.23. The summed E-state index contributed by atoms with van der Waals surface area (Å²) in [4.78, 5) is 8.43. The molecule has 0 bridgehead atoms. The molecule has 0 radical (unpaired) electrons. The van der Waals surface area contributed by atoms with E-state index in [1.54, 1.807) is 11.2 Å². The van der Waals surface area contributed by atoms with Gasteiger partial charge in [-0.1, -0.05) is 13.3 Å². The zero-order valence-corrected chi connectivity index (χ0v) is 9.96. The maximum absolute atomic E-state index is 5.76. The van der Waals surface area contributed by atoms with E-state index >= 15 is 0 Å². The van der Waals surface area contributed by atoms with Gasteiger partial charge in [0.2, 0.25) is 11.8 Å². The summed E-state index contributed by atoms with van der Waals surface area (Å²) < 4.78 is 5.52. The molecule has 0 saturated heterocycles. The largest absolute Gasteiger partial charge is 0.476 e. The first-order valence-electron chi connectivity index (χ1n) is 5.86. The Morgan fingerprint density at radius 1 is 1.53 bits per heavy atom. The number of hydrogen-bond donors (Lipinski definition) is 1. The maximum Gasteiger partial charge on any atom is 0.249 e. The van der Waals surface area contributed by atoms with Crippen molar-refractivity contribution >= 4 is 17.9 Å². The van der Waals surface area contributed by atoms with E-state index < -0.39 is 0 Å². The number of anilines is 2. The van der Waals surface area contributed by atoms with Crippen LogP contribution >= 0.6 is 0 Å². The molecule has 0 aliphatic carbocycles. The SMILES string of the molecule is CCCCOc1nc(N2CCC=N2)ncc1N. The van der Waals surface area contributed by atoms with Crippen molar-refractivity contribution in [1.29, 1.82) is 0 Å². The number of nitrogens with two attached hydrogens (primary N) is 1. The van der Waals surface area contributed by atoms with E-state index in [2.05, 4.69) is 22.0 Å². The average molecular weight is 235 g/mol. The molecule has 6 heteroatoms. The number of aromatic nitrogens is 2. The van der Waals surface area contributed by atoms with Crippen LogP contribution in [0.2, 0.25) is 0 Å². The molecule has 1 aromatic rings. The molecule has 0 aromatic carbocycles. The molecule has 0 saturated carbocycles. The highest BCUT2D eigenvalue weighted by Gasteiger charge is 2.14. The average Bonchev–Trinajstić information content (AvgIpc) is 2.85. The zero-order chi connectivity index (χ0) is 12.1. The maximum atomic E-state index is 5.76. The van der Waals surface area contributed by atoms with Gasteiger partial charge in [-0.05, 0) is 6.42 Å². The predicted octanol–water partition coefficient (Wildman–Crippen LogP) is 1.43. The van der Waals surface area contributed by atoms with Crippen LogP contribution in [-0.2, 0) is 0 Å². The molecule has 2 N–H and O–H groups in total. The van der Waals surface area contributed by atoms with Crippen LogP contribution in [0.5, 0.6) is 5.88 Å². The fourth-order valence-corrected chi connectivity index (χ4v) is 1.47. The fourth-order valence-electron chi connectivity index (χ4n) is 1.47. The molecule has 0 unspecified atom stereocenters. The van der Waals surface area contributed by atoms with Crippen LogP contribution in [0, 0.1) is 0 Å². The van der Waals surface area contributed by atoms with Crippen LogP contribution in [0.25, 0.3) is 0 Å². The molecule has 1 aliphatic heterocycles. The highest BCUT2D eigenvalue weighted by molar-refractivity contribution is 5.63. The van der Waals surface area contributed by atoms with E-state index in [1.165, 1.54) is 0 Å². The van der Waals surface area contributed by atoms with Crippen molar-refractivity contribution < 1.29 is 4.74 Å². The second-order valence-electron chi connectivity index (χ2n) is 3.84. The number of nitrogens with zero attached hydrogens (tertiary/aromatic N) is 4. The molecule has 6 nitrogen and oxygen atoms in total. The van der Waals surface area contributed by atoms with E-state index in [4.69, 9.17) is 10.5 Å². The van der Waals surface area contributed by atoms with Crippen molar-refractivity contribution in [3.8, 4) is 5.88 Å². The third-order valence-corrected chi connectivity index (χ3v) is 2.43. The molecule has 2 heterocycles. The predicted molar refractivity (Wildman–Crippen MR) is 67.3 cm³/mol. The van der Waals surface area contributed by atoms with Crippen molar-refractivity contribution in [2.45, 2.75) is 26.2 Å². The lowest BCUT2D eigenvalue weighted by molar-refractivity contribution is 0.299. The van der Waals surface area contributed by atoms with E-state index in [9.17, 15) is 0 Å². The van der Waals surface area contributed by atoms with Gasteiger partial charge in [-0.25, -0.2) is 9.99 Å². The monoisotopic (exact) mass is 235 g/mol. The molecule has 0 fully saturated rings. The minimum atomic E-state index is 0.450. The first-order chi connectivity index (χ1) is 8.31. The van der Waals surface area contributed by atoms with Crippen molar-refractivity contribution in [3.05, 3.63) is 6.20 Å². The number of rotatable bonds is 5. The molecule has 2 rings (SSSR count). The third kappa shape index (κ3) is 2.83. The van der Waals surface area contributed by atoms with Gasteiger partial charge in [0, 0.05) is 19.2 Å². The van der Waals surface area contributed by atoms with Gasteiger partial charge in [-0.3, -0.25) is 0 Å². The number of nitrogen functional groups attached to an aromatic ring is 1. The quantitative estimate of drug-likeness (QED) is 0.781. The molecule has 0 spiro atoms. The molecule has 17 heavy (non-hydrogen) atoms. The standard InChI is InChI=1S/C11H17N5O/c1-2-3-7-17-10-9(12)8-13-11(15-10)16-6-4-5-14-16/h5,8H,2-4,6-7,12H2,1H3. The minimum absolute atomic E-state index is 0.450. The zero-order valence-electron chi connectivity index (χ0n) is 9.96. The summed E-state index contributed by atoms with van der Waals surface area (Å²) in [6, 6.07) is 0. The highest BCUT2D eigenvalue weighted by atomic mass is 16.5. The minimum Gasteiger partial charge on any atom is -0.476 e. The van der Waals surface area contributed by atoms with Crippen molar-refractivity contribution in [2.75, 3.05) is 23.9 Å². The Kier molecular flexibility index (Phi) is 3.74. The Hall–Kier alpha value is -1.85. The Morgan fingerprint density at radius 2 is 2.41 bits per heavy atom. The van der Waals surface area contributed by atoms with Crippen molar-refractivity contribution in [1.82, 2.24) is 9.97 Å². The van der Waals surface area contributed by atoms with Crippen LogP contribution in [0.3, 0.4) is 0 Å². The van der Waals surface area contributed by atoms with Crippen LogP contribution < -0.4 is 15.5 Å². The Balaban J connectivity index is 2.08. The van der Waals surface area contributed by atoms with Crippen LogP contribution in [0.1, 0.15) is 26.2 Å². The van der Waals surface area contributed by atoms with Gasteiger partial charge in [0.1, 0.15) is 5.69 Å². The normalized spacial score (nSPS) is 14.3. The molecule has 1 aliphatic rings. The molecule has 0 amide bonds. The summed E-state index contributed by atoms with van der Waals surface area (Å²) in [6.07, 6.45) is 6.39. The fraction of sp³-hybridized carbons (Fsp3) is 0.545. The van der Waals surface area contributed by atoms with Crippen LogP contribution in [-0.4, -0.2) is 29.3 Å². The number of ether oxygens (including phenoxy) is 1. The second kappa shape index (κ2) is 5.47. The summed E-state index contributed by atoms with van der Waals surface area (Å²) in [5, 5.41) is 5.90. The second-order valence-corrected chi connectivity index (χ2v) is 3.84. The third-order valence-electron chi connectivity index (χ3n) is 2.43. The number of unbranched alkanes of at least 4 members (excludes halogenated alkanes) is 1. The molecular weight excluding hydrogens is 218 g/mol. The van der Waals surface area contributed by atoms with Crippen LogP contribution in [0.15, 0.2) is 11.3 Å². The Labute approximate surface area is 100 Å². The molecule has 92 valence electrons. The summed E-state index contributed by atoms with van der Waals surface area (Å²) in [7, 11) is 0. The molecular formula is C11H17N5O. The lowest BCUT2D eigenvalue weighted by Crippen LogP contribution is -2.16. The van der Waals surface area contributed by atoms with Crippen molar-refractivity contribution in [2.24, 2.45) is 5.10 Å². The number of hydrazone groups is 1. The summed E-state index contributed by atoms with van der Waals surface area (Å²) in [5.74, 6) is 0.991. The van der Waals surface area contributed by atoms with E-state index in [1.807, 2.05) is 6.21 Å². The van der Waals surface area contributed by atoms with Crippen molar-refractivity contribution in [3.63, 3.8) is 0 Å². The highest BCUT2D eigenvalue weighted by Crippen LogP contribution is 2.21. The van der Waals surface area contributed by atoms with Crippen LogP contribution in [0.4, 0.5) is 11.6 Å². The van der Waals surface area contributed by atoms with Gasteiger partial charge in [0.25, 0.3) is 0 Å². The lowest BCUT2D eigenvalue weighted by atomic mass is 10.4. The Bertz CT molecular complexity index is 407. The van der Waals surface area contributed by atoms with E-state index in [0.717, 1.165) is 25.8 Å². The van der Waals surface area contributed by atoms with Gasteiger partial charge in [0.15, 0.2) is 0 Å². The smallest absolute Gasteiger partial charge is 0.249 e. The van der Waals surface area contributed by atoms with Gasteiger partial charge in [-0.15, -0.1) is 0 Å². The van der Waals surface area contributed by atoms with E-state index in [0.29, 0.717) is 24.1 Å². The first kappa shape index (κ1) is 11.6. The molecule has 1 aromatic heterocycles. The summed E-state index contributed by atoms with van der Waals surface area (Å²) >= 11 is 0. The lowest BCUT2D eigenvalue weighted by Gasteiger charge is -2.13. The molecule has 0 atom stereocenters. The van der Waals surface area contributed by atoms with Gasteiger partial charge >= 0.3 is 0 Å². The van der Waals surface area contributed by atoms with Gasteiger partial charge in [-0.2, -0.15) is 10.1 Å². The first-order valence-corrected chi connectivity index (χ1v) is 5.86. The van der Waals surface area contributed by atoms with Gasteiger partial charge < -0.3 is 10.5 Å². The van der Waals surface area contributed by atoms with E-state index in [-0.39, 0.29) is 0 Å². The topological polar surface area (TPSA) is 76.6 Å².